The molecule has 0 radical (unpaired) electrons. The number of carboxylic acids is 1. The Morgan fingerprint density at radius 2 is 1.56 bits per heavy atom. The molecule has 0 bridgehead atoms. The van der Waals surface area contributed by atoms with E-state index in [0.29, 0.717) is 0 Å². The maximum Gasteiger partial charge on any atom is 0.338 e. The first-order valence-electron chi connectivity index (χ1n) is 10.5. The fourth-order valence-electron chi connectivity index (χ4n) is 3.24. The molecule has 3 aromatic rings. The molecule has 3 aromatic carbocycles. The highest BCUT2D eigenvalue weighted by Gasteiger charge is 2.33. The van der Waals surface area contributed by atoms with Gasteiger partial charge in [0.1, 0.15) is 6.61 Å². The van der Waals surface area contributed by atoms with Gasteiger partial charge in [0.15, 0.2) is 12.3 Å². The second-order valence-electron chi connectivity index (χ2n) is 7.43. The summed E-state index contributed by atoms with van der Waals surface area (Å²) in [4.78, 5) is 29.1. The molecule has 0 heterocycles. The fraction of sp³-hybridized carbons (Fsp3) is 0.192. The number of nitrogens with zero attached hydrogens (tertiary/aromatic N) is 1. The number of esters is 1. The summed E-state index contributed by atoms with van der Waals surface area (Å²) in [6, 6.07) is 23.1. The van der Waals surface area contributed by atoms with E-state index in [2.05, 4.69) is 5.16 Å². The first-order valence-corrected chi connectivity index (χ1v) is 10.5. The molecule has 0 amide bonds. The number of carbonyl (C=O) groups is 2. The van der Waals surface area contributed by atoms with Crippen LogP contribution in [0.15, 0.2) is 90.1 Å². The van der Waals surface area contributed by atoms with Gasteiger partial charge in [-0.1, -0.05) is 71.9 Å². The van der Waals surface area contributed by atoms with Crippen LogP contribution in [0.5, 0.6) is 0 Å². The van der Waals surface area contributed by atoms with Gasteiger partial charge in [0.2, 0.25) is 0 Å². The predicted molar refractivity (Wildman–Crippen MR) is 123 cm³/mol. The summed E-state index contributed by atoms with van der Waals surface area (Å²) in [5, 5.41) is 23.7. The van der Waals surface area contributed by atoms with E-state index in [4.69, 9.17) is 9.57 Å². The number of hydrogen-bond acceptors (Lipinski definition) is 6. The van der Waals surface area contributed by atoms with Crippen LogP contribution >= 0.6 is 0 Å². The van der Waals surface area contributed by atoms with Crippen molar-refractivity contribution in [3.8, 4) is 0 Å². The highest BCUT2D eigenvalue weighted by molar-refractivity contribution is 5.90. The summed E-state index contributed by atoms with van der Waals surface area (Å²) in [6.07, 6.45) is -4.68. The van der Waals surface area contributed by atoms with Crippen molar-refractivity contribution in [2.45, 2.75) is 31.4 Å². The molecule has 8 heteroatoms. The lowest BCUT2D eigenvalue weighted by Crippen LogP contribution is -2.41. The zero-order chi connectivity index (χ0) is 24.3. The minimum absolute atomic E-state index is 0.0371. The van der Waals surface area contributed by atoms with Crippen LogP contribution in [0.3, 0.4) is 0 Å². The van der Waals surface area contributed by atoms with Gasteiger partial charge in [-0.15, -0.1) is 0 Å². The third-order valence-electron chi connectivity index (χ3n) is 4.97. The predicted octanol–water partition coefficient (Wildman–Crippen LogP) is 4.05. The number of alkyl halides is 1. The molecule has 0 aliphatic heterocycles. The van der Waals surface area contributed by atoms with Crippen molar-refractivity contribution in [1.29, 1.82) is 0 Å². The van der Waals surface area contributed by atoms with E-state index < -0.39 is 30.3 Å². The maximum atomic E-state index is 15.1. The van der Waals surface area contributed by atoms with Crippen molar-refractivity contribution in [2.75, 3.05) is 0 Å². The average Bonchev–Trinajstić information content (AvgIpc) is 2.86. The van der Waals surface area contributed by atoms with Crippen molar-refractivity contribution in [2.24, 2.45) is 5.16 Å². The highest BCUT2D eigenvalue weighted by atomic mass is 19.1. The second-order valence-corrected chi connectivity index (χ2v) is 7.43. The summed E-state index contributed by atoms with van der Waals surface area (Å²) in [6.45, 7) is 0.104. The largest absolute Gasteiger partial charge is 0.478 e. The van der Waals surface area contributed by atoms with Gasteiger partial charge in [-0.25, -0.2) is 14.0 Å². The Labute approximate surface area is 196 Å². The average molecular weight is 465 g/mol. The van der Waals surface area contributed by atoms with E-state index in [0.717, 1.165) is 11.8 Å². The third-order valence-corrected chi connectivity index (χ3v) is 4.97. The van der Waals surface area contributed by atoms with Crippen LogP contribution in [-0.4, -0.2) is 46.7 Å². The Kier molecular flexibility index (Phi) is 8.88. The van der Waals surface area contributed by atoms with Crippen LogP contribution in [0.25, 0.3) is 0 Å². The summed E-state index contributed by atoms with van der Waals surface area (Å²) >= 11 is 0. The Hall–Kier alpha value is -4.04. The molecule has 0 unspecified atom stereocenters. The SMILES string of the molecule is O=C(O[C@@H]([C@H](F)C=NOCc1ccccc1)[C@H](O)Cc1ccccc1C(=O)O)c1ccccc1. The van der Waals surface area contributed by atoms with E-state index in [1.807, 2.05) is 30.3 Å². The summed E-state index contributed by atoms with van der Waals surface area (Å²) in [7, 11) is 0. The minimum atomic E-state index is -2.02. The molecule has 3 atom stereocenters. The molecule has 0 saturated heterocycles. The number of hydrogen-bond donors (Lipinski definition) is 2. The number of aromatic carboxylic acids is 1. The van der Waals surface area contributed by atoms with Gasteiger partial charge in [0.25, 0.3) is 0 Å². The number of aliphatic hydroxyl groups excluding tert-OH is 1. The standard InChI is InChI=1S/C26H24FNO6/c27-22(16-28-33-17-18-9-3-1-4-10-18)24(34-26(32)19-11-5-2-6-12-19)23(29)15-20-13-7-8-14-21(20)25(30)31/h1-14,16,22-24,29H,15,17H2,(H,30,31)/t22-,23-,24+/m1/s1. The number of carboxylic acid groups (broad SMARTS) is 1. The number of halogens is 1. The van der Waals surface area contributed by atoms with Gasteiger partial charge in [0, 0.05) is 6.42 Å². The minimum Gasteiger partial charge on any atom is -0.478 e. The van der Waals surface area contributed by atoms with Crippen LogP contribution in [-0.2, 0) is 22.6 Å². The molecule has 0 fully saturated rings. The van der Waals surface area contributed by atoms with Crippen molar-refractivity contribution in [1.82, 2.24) is 0 Å². The van der Waals surface area contributed by atoms with E-state index in [-0.39, 0.29) is 29.7 Å². The molecule has 0 spiro atoms. The number of ether oxygens (including phenoxy) is 1. The topological polar surface area (TPSA) is 105 Å². The fourth-order valence-corrected chi connectivity index (χ4v) is 3.24. The summed E-state index contributed by atoms with van der Waals surface area (Å²) in [5.74, 6) is -2.02. The molecule has 34 heavy (non-hydrogen) atoms. The lowest BCUT2D eigenvalue weighted by molar-refractivity contribution is -0.0373. The number of aliphatic hydroxyl groups is 1. The van der Waals surface area contributed by atoms with Crippen LogP contribution < -0.4 is 0 Å². The molecule has 0 saturated carbocycles. The van der Waals surface area contributed by atoms with Crippen LogP contribution in [0, 0.1) is 0 Å². The van der Waals surface area contributed by atoms with Crippen LogP contribution in [0.2, 0.25) is 0 Å². The quantitative estimate of drug-likeness (QED) is 0.251. The maximum absolute atomic E-state index is 15.1. The molecule has 3 rings (SSSR count). The van der Waals surface area contributed by atoms with Gasteiger partial charge in [-0.2, -0.15) is 0 Å². The van der Waals surface area contributed by atoms with E-state index >= 15 is 4.39 Å². The monoisotopic (exact) mass is 465 g/mol. The van der Waals surface area contributed by atoms with Gasteiger partial charge < -0.3 is 19.8 Å². The summed E-state index contributed by atoms with van der Waals surface area (Å²) < 4.78 is 20.4. The molecule has 0 aliphatic carbocycles. The smallest absolute Gasteiger partial charge is 0.338 e. The molecule has 0 aromatic heterocycles. The zero-order valence-electron chi connectivity index (χ0n) is 18.2. The molecular formula is C26H24FNO6. The molecular weight excluding hydrogens is 441 g/mol. The first-order chi connectivity index (χ1) is 16.5. The highest BCUT2D eigenvalue weighted by Crippen LogP contribution is 2.18. The number of rotatable bonds is 11. The third kappa shape index (κ3) is 6.98. The van der Waals surface area contributed by atoms with Crippen LogP contribution in [0.1, 0.15) is 31.8 Å². The molecule has 176 valence electrons. The Morgan fingerprint density at radius 3 is 2.24 bits per heavy atom. The van der Waals surface area contributed by atoms with Gasteiger partial charge in [0.05, 0.1) is 23.4 Å². The molecule has 7 nitrogen and oxygen atoms in total. The Bertz CT molecular complexity index is 1110. The van der Waals surface area contributed by atoms with Crippen molar-refractivity contribution in [3.05, 3.63) is 107 Å². The summed E-state index contributed by atoms with van der Waals surface area (Å²) in [5.41, 5.74) is 1.24. The van der Waals surface area contributed by atoms with Gasteiger partial charge in [-0.05, 0) is 29.3 Å². The second kappa shape index (κ2) is 12.3. The van der Waals surface area contributed by atoms with Gasteiger partial charge in [-0.3, -0.25) is 0 Å². The van der Waals surface area contributed by atoms with E-state index in [9.17, 15) is 19.8 Å². The number of benzene rings is 3. The number of oxime groups is 1. The Morgan fingerprint density at radius 1 is 0.941 bits per heavy atom. The molecule has 0 aliphatic rings. The normalized spacial score (nSPS) is 13.7. The first kappa shape index (κ1) is 24.6. The van der Waals surface area contributed by atoms with E-state index in [1.54, 1.807) is 30.3 Å². The van der Waals surface area contributed by atoms with Crippen molar-refractivity contribution < 1.29 is 33.8 Å². The molecule has 2 N–H and O–H groups in total. The Balaban J connectivity index is 1.74. The zero-order valence-corrected chi connectivity index (χ0v) is 18.2. The lowest BCUT2D eigenvalue weighted by atomic mass is 9.97. The van der Waals surface area contributed by atoms with E-state index in [1.165, 1.54) is 24.3 Å². The van der Waals surface area contributed by atoms with Crippen LogP contribution in [0.4, 0.5) is 4.39 Å². The lowest BCUT2D eigenvalue weighted by Gasteiger charge is -2.25. The number of carbonyl (C=O) groups excluding carboxylic acids is 1. The van der Waals surface area contributed by atoms with Crippen molar-refractivity contribution >= 4 is 18.2 Å². The van der Waals surface area contributed by atoms with Crippen molar-refractivity contribution in [3.63, 3.8) is 0 Å². The van der Waals surface area contributed by atoms with Gasteiger partial charge >= 0.3 is 11.9 Å².